The van der Waals surface area contributed by atoms with Crippen LogP contribution in [0.5, 0.6) is 0 Å². The summed E-state index contributed by atoms with van der Waals surface area (Å²) in [5.41, 5.74) is 2.15. The Balaban J connectivity index is 1.84. The number of nitrogens with one attached hydrogen (secondary N) is 1. The van der Waals surface area contributed by atoms with Crippen LogP contribution in [-0.2, 0) is 6.54 Å². The van der Waals surface area contributed by atoms with Crippen molar-refractivity contribution in [3.8, 4) is 5.82 Å². The summed E-state index contributed by atoms with van der Waals surface area (Å²) >= 11 is 3.55. The Morgan fingerprint density at radius 1 is 1.05 bits per heavy atom. The maximum Gasteiger partial charge on any atom is 0.176 e. The molecule has 100 valence electrons. The van der Waals surface area contributed by atoms with Crippen LogP contribution in [0.1, 0.15) is 5.56 Å². The Morgan fingerprint density at radius 2 is 1.95 bits per heavy atom. The van der Waals surface area contributed by atoms with Gasteiger partial charge in [-0.25, -0.2) is 9.67 Å². The zero-order valence-electron chi connectivity index (χ0n) is 10.7. The lowest BCUT2D eigenvalue weighted by Gasteiger charge is -2.11. The largest absolute Gasteiger partial charge is 0.378 e. The molecule has 0 bridgehead atoms. The van der Waals surface area contributed by atoms with E-state index < -0.39 is 0 Å². The van der Waals surface area contributed by atoms with Crippen molar-refractivity contribution in [1.29, 1.82) is 0 Å². The van der Waals surface area contributed by atoms with E-state index in [1.54, 1.807) is 17.1 Å². The van der Waals surface area contributed by atoms with Crippen molar-refractivity contribution < 1.29 is 0 Å². The average Bonchev–Trinajstić information content (AvgIpc) is 3.01. The molecule has 0 amide bonds. The zero-order chi connectivity index (χ0) is 13.8. The lowest BCUT2D eigenvalue weighted by atomic mass is 10.2. The smallest absolute Gasteiger partial charge is 0.176 e. The molecule has 0 fully saturated rings. The fourth-order valence-electron chi connectivity index (χ4n) is 1.94. The van der Waals surface area contributed by atoms with E-state index in [-0.39, 0.29) is 0 Å². The highest BCUT2D eigenvalue weighted by atomic mass is 79.9. The Hall–Kier alpha value is -2.14. The van der Waals surface area contributed by atoms with E-state index >= 15 is 0 Å². The lowest BCUT2D eigenvalue weighted by molar-refractivity contribution is 0.846. The van der Waals surface area contributed by atoms with Crippen LogP contribution in [-0.4, -0.2) is 14.8 Å². The summed E-state index contributed by atoms with van der Waals surface area (Å²) in [6, 6.07) is 13.9. The van der Waals surface area contributed by atoms with Gasteiger partial charge in [-0.05, 0) is 29.8 Å². The number of hydrogen-bond donors (Lipinski definition) is 1. The van der Waals surface area contributed by atoms with Crippen molar-refractivity contribution >= 4 is 21.6 Å². The average molecular weight is 329 g/mol. The van der Waals surface area contributed by atoms with E-state index in [1.807, 2.05) is 42.6 Å². The molecule has 0 aliphatic heterocycles. The van der Waals surface area contributed by atoms with Crippen molar-refractivity contribution in [1.82, 2.24) is 14.8 Å². The van der Waals surface area contributed by atoms with Gasteiger partial charge in [0.05, 0.1) is 5.69 Å². The summed E-state index contributed by atoms with van der Waals surface area (Å²) < 4.78 is 2.85. The molecular weight excluding hydrogens is 316 g/mol. The highest BCUT2D eigenvalue weighted by Crippen LogP contribution is 2.20. The van der Waals surface area contributed by atoms with E-state index in [4.69, 9.17) is 0 Å². The summed E-state index contributed by atoms with van der Waals surface area (Å²) in [6.45, 7) is 0.724. The lowest BCUT2D eigenvalue weighted by Crippen LogP contribution is -2.06. The number of anilines is 1. The second kappa shape index (κ2) is 5.88. The molecule has 1 aromatic carbocycles. The summed E-state index contributed by atoms with van der Waals surface area (Å²) in [5, 5.41) is 7.63. The summed E-state index contributed by atoms with van der Waals surface area (Å²) in [5.74, 6) is 0.796. The minimum atomic E-state index is 0.724. The van der Waals surface area contributed by atoms with Crippen LogP contribution in [0, 0.1) is 0 Å². The topological polar surface area (TPSA) is 42.7 Å². The monoisotopic (exact) mass is 328 g/mol. The van der Waals surface area contributed by atoms with Gasteiger partial charge in [-0.1, -0.05) is 34.1 Å². The predicted molar refractivity (Wildman–Crippen MR) is 82.8 cm³/mol. The molecule has 1 N–H and O–H groups in total. The van der Waals surface area contributed by atoms with Gasteiger partial charge in [-0.15, -0.1) is 0 Å². The van der Waals surface area contributed by atoms with Crippen LogP contribution in [0.15, 0.2) is 65.5 Å². The Morgan fingerprint density at radius 3 is 2.75 bits per heavy atom. The van der Waals surface area contributed by atoms with Crippen molar-refractivity contribution in [2.75, 3.05) is 5.32 Å². The van der Waals surface area contributed by atoms with Gasteiger partial charge in [0.2, 0.25) is 0 Å². The summed E-state index contributed by atoms with van der Waals surface area (Å²) in [7, 11) is 0. The standard InChI is InChI=1S/C15H13BrN4/c16-13-6-2-1-5-12(13)11-18-14-7-3-8-17-15(14)20-10-4-9-19-20/h1-10,18H,11H2. The summed E-state index contributed by atoms with van der Waals surface area (Å²) in [4.78, 5) is 4.38. The fourth-order valence-corrected chi connectivity index (χ4v) is 2.37. The number of nitrogens with zero attached hydrogens (tertiary/aromatic N) is 3. The van der Waals surface area contributed by atoms with Crippen LogP contribution in [0.4, 0.5) is 5.69 Å². The molecule has 0 aliphatic rings. The van der Waals surface area contributed by atoms with E-state index in [9.17, 15) is 0 Å². The third-order valence-corrected chi connectivity index (χ3v) is 3.71. The van der Waals surface area contributed by atoms with Crippen LogP contribution in [0.2, 0.25) is 0 Å². The van der Waals surface area contributed by atoms with Crippen LogP contribution in [0.3, 0.4) is 0 Å². The Labute approximate surface area is 125 Å². The van der Waals surface area contributed by atoms with E-state index in [1.165, 1.54) is 5.56 Å². The number of halogens is 1. The normalized spacial score (nSPS) is 10.4. The zero-order valence-corrected chi connectivity index (χ0v) is 12.3. The second-order valence-corrected chi connectivity index (χ2v) is 5.12. The molecule has 2 aromatic heterocycles. The van der Waals surface area contributed by atoms with Gasteiger partial charge in [0, 0.05) is 29.6 Å². The molecule has 0 spiro atoms. The van der Waals surface area contributed by atoms with E-state index in [2.05, 4.69) is 37.4 Å². The maximum atomic E-state index is 4.38. The molecular formula is C15H13BrN4. The number of hydrogen-bond acceptors (Lipinski definition) is 3. The number of pyridine rings is 1. The fraction of sp³-hybridized carbons (Fsp3) is 0.0667. The Kier molecular flexibility index (Phi) is 3.78. The van der Waals surface area contributed by atoms with Crippen LogP contribution < -0.4 is 5.32 Å². The molecule has 3 rings (SSSR count). The molecule has 4 nitrogen and oxygen atoms in total. The van der Waals surface area contributed by atoms with E-state index in [0.29, 0.717) is 0 Å². The third-order valence-electron chi connectivity index (χ3n) is 2.94. The molecule has 5 heteroatoms. The Bertz CT molecular complexity index is 695. The van der Waals surface area contributed by atoms with Crippen molar-refractivity contribution in [2.45, 2.75) is 6.54 Å². The molecule has 20 heavy (non-hydrogen) atoms. The first-order valence-corrected chi connectivity index (χ1v) is 7.06. The highest BCUT2D eigenvalue weighted by molar-refractivity contribution is 9.10. The first kappa shape index (κ1) is 12.9. The molecule has 2 heterocycles. The van der Waals surface area contributed by atoms with Gasteiger partial charge in [-0.2, -0.15) is 5.10 Å². The summed E-state index contributed by atoms with van der Waals surface area (Å²) in [6.07, 6.45) is 5.39. The number of aromatic nitrogens is 3. The van der Waals surface area contributed by atoms with Crippen molar-refractivity contribution in [3.05, 3.63) is 71.1 Å². The maximum absolute atomic E-state index is 4.38. The minimum absolute atomic E-state index is 0.724. The van der Waals surface area contributed by atoms with Gasteiger partial charge in [-0.3, -0.25) is 0 Å². The second-order valence-electron chi connectivity index (χ2n) is 4.27. The number of rotatable bonds is 4. The van der Waals surface area contributed by atoms with E-state index in [0.717, 1.165) is 22.5 Å². The van der Waals surface area contributed by atoms with Gasteiger partial charge < -0.3 is 5.32 Å². The molecule has 0 saturated heterocycles. The molecule has 3 aromatic rings. The predicted octanol–water partition coefficient (Wildman–Crippen LogP) is 3.64. The van der Waals surface area contributed by atoms with Crippen LogP contribution in [0.25, 0.3) is 5.82 Å². The van der Waals surface area contributed by atoms with Crippen molar-refractivity contribution in [2.24, 2.45) is 0 Å². The highest BCUT2D eigenvalue weighted by Gasteiger charge is 2.06. The van der Waals surface area contributed by atoms with Crippen molar-refractivity contribution in [3.63, 3.8) is 0 Å². The minimum Gasteiger partial charge on any atom is -0.378 e. The molecule has 0 unspecified atom stereocenters. The number of benzene rings is 1. The molecule has 0 aliphatic carbocycles. The van der Waals surface area contributed by atoms with Gasteiger partial charge >= 0.3 is 0 Å². The van der Waals surface area contributed by atoms with Crippen LogP contribution >= 0.6 is 15.9 Å². The van der Waals surface area contributed by atoms with Gasteiger partial charge in [0.25, 0.3) is 0 Å². The first-order valence-electron chi connectivity index (χ1n) is 6.27. The molecule has 0 saturated carbocycles. The SMILES string of the molecule is Brc1ccccc1CNc1cccnc1-n1cccn1. The van der Waals surface area contributed by atoms with Gasteiger partial charge in [0.1, 0.15) is 0 Å². The quantitative estimate of drug-likeness (QED) is 0.795. The first-order chi connectivity index (χ1) is 9.84. The van der Waals surface area contributed by atoms with Gasteiger partial charge in [0.15, 0.2) is 5.82 Å². The molecule has 0 atom stereocenters. The third kappa shape index (κ3) is 2.72. The molecule has 0 radical (unpaired) electrons.